The van der Waals surface area contributed by atoms with Crippen LogP contribution in [-0.2, 0) is 0 Å². The maximum Gasteiger partial charge on any atom is 0.205 e. The predicted molar refractivity (Wildman–Crippen MR) is 110 cm³/mol. The number of hydrogen-bond donors (Lipinski definition) is 0. The fraction of sp³-hybridized carbons (Fsp3) is 0.619. The number of benzene rings is 1. The van der Waals surface area contributed by atoms with Gasteiger partial charge in [0.05, 0.1) is 26.7 Å². The van der Waals surface area contributed by atoms with Crippen LogP contribution < -0.4 is 19.1 Å². The lowest BCUT2D eigenvalue weighted by Gasteiger charge is -2.40. The fourth-order valence-corrected chi connectivity index (χ4v) is 4.63. The monoisotopic (exact) mass is 386 g/mol. The fourth-order valence-electron chi connectivity index (χ4n) is 4.63. The summed E-state index contributed by atoms with van der Waals surface area (Å²) in [4.78, 5) is 14.2. The van der Waals surface area contributed by atoms with Gasteiger partial charge in [-0.2, -0.15) is 0 Å². The number of fused-ring (bicyclic) bond motifs is 1. The van der Waals surface area contributed by atoms with Gasteiger partial charge in [0, 0.05) is 19.1 Å². The van der Waals surface area contributed by atoms with E-state index in [4.69, 9.17) is 14.2 Å². The lowest BCUT2D eigenvalue weighted by Crippen LogP contribution is -2.47. The molecule has 4 rings (SSSR count). The summed E-state index contributed by atoms with van der Waals surface area (Å²) >= 11 is 0. The van der Waals surface area contributed by atoms with E-state index in [1.165, 1.54) is 45.2 Å². The van der Waals surface area contributed by atoms with Crippen molar-refractivity contribution in [3.63, 3.8) is 0 Å². The Balaban J connectivity index is 1.62. The Labute approximate surface area is 166 Å². The van der Waals surface area contributed by atoms with Crippen LogP contribution in [0.15, 0.2) is 12.4 Å². The molecule has 0 aliphatic carbocycles. The third-order valence-electron chi connectivity index (χ3n) is 6.08. The molecule has 1 aromatic carbocycles. The first kappa shape index (κ1) is 19.1. The van der Waals surface area contributed by atoms with Crippen LogP contribution in [-0.4, -0.2) is 68.4 Å². The third-order valence-corrected chi connectivity index (χ3v) is 6.08. The molecule has 7 nitrogen and oxygen atoms in total. The Kier molecular flexibility index (Phi) is 5.71. The highest BCUT2D eigenvalue weighted by Crippen LogP contribution is 2.44. The Morgan fingerprint density at radius 1 is 0.857 bits per heavy atom. The highest BCUT2D eigenvalue weighted by molar-refractivity contribution is 5.97. The SMILES string of the molecule is COc1cc2c(N3CCC(N4CCCCC4)CC3)ncnc2c(OC)c1OC. The van der Waals surface area contributed by atoms with E-state index in [1.54, 1.807) is 27.7 Å². The molecular formula is C21H30N4O3. The van der Waals surface area contributed by atoms with Crippen LogP contribution >= 0.6 is 0 Å². The number of nitrogens with zero attached hydrogens (tertiary/aromatic N) is 4. The molecule has 0 atom stereocenters. The van der Waals surface area contributed by atoms with Crippen molar-refractivity contribution in [2.45, 2.75) is 38.1 Å². The molecule has 0 N–H and O–H groups in total. The zero-order valence-corrected chi connectivity index (χ0v) is 17.1. The van der Waals surface area contributed by atoms with Crippen molar-refractivity contribution in [2.75, 3.05) is 52.4 Å². The van der Waals surface area contributed by atoms with Gasteiger partial charge in [-0.25, -0.2) is 9.97 Å². The molecule has 0 saturated carbocycles. The van der Waals surface area contributed by atoms with Gasteiger partial charge in [0.1, 0.15) is 17.7 Å². The van der Waals surface area contributed by atoms with E-state index in [-0.39, 0.29) is 0 Å². The molecule has 7 heteroatoms. The second kappa shape index (κ2) is 8.39. The van der Waals surface area contributed by atoms with E-state index in [1.807, 2.05) is 6.07 Å². The summed E-state index contributed by atoms with van der Waals surface area (Å²) in [5.74, 6) is 2.72. The summed E-state index contributed by atoms with van der Waals surface area (Å²) in [6.45, 7) is 4.53. The van der Waals surface area contributed by atoms with Crippen LogP contribution in [0.2, 0.25) is 0 Å². The van der Waals surface area contributed by atoms with E-state index in [2.05, 4.69) is 19.8 Å². The third kappa shape index (κ3) is 3.43. The summed E-state index contributed by atoms with van der Waals surface area (Å²) < 4.78 is 16.7. The Hall–Kier alpha value is -2.28. The molecule has 3 heterocycles. The first-order valence-corrected chi connectivity index (χ1v) is 10.2. The van der Waals surface area contributed by atoms with E-state index in [0.717, 1.165) is 29.8 Å². The zero-order valence-electron chi connectivity index (χ0n) is 17.1. The van der Waals surface area contributed by atoms with Gasteiger partial charge >= 0.3 is 0 Å². The quantitative estimate of drug-likeness (QED) is 0.782. The summed E-state index contributed by atoms with van der Waals surface area (Å²) in [6.07, 6.45) is 8.04. The first-order valence-electron chi connectivity index (χ1n) is 10.2. The van der Waals surface area contributed by atoms with E-state index >= 15 is 0 Å². The molecule has 2 aliphatic rings. The van der Waals surface area contributed by atoms with Crippen molar-refractivity contribution in [3.8, 4) is 17.2 Å². The molecule has 28 heavy (non-hydrogen) atoms. The normalized spacial score (nSPS) is 19.0. The minimum atomic E-state index is 0.561. The van der Waals surface area contributed by atoms with E-state index < -0.39 is 0 Å². The molecule has 1 aromatic heterocycles. The van der Waals surface area contributed by atoms with Crippen LogP contribution in [0.1, 0.15) is 32.1 Å². The summed E-state index contributed by atoms with van der Waals surface area (Å²) in [5, 5.41) is 0.938. The maximum absolute atomic E-state index is 5.61. The number of ether oxygens (including phenoxy) is 3. The molecule has 2 aromatic rings. The van der Waals surface area contributed by atoms with Gasteiger partial charge in [0.25, 0.3) is 0 Å². The first-order chi connectivity index (χ1) is 13.8. The van der Waals surface area contributed by atoms with Gasteiger partial charge in [-0.3, -0.25) is 0 Å². The average molecular weight is 386 g/mol. The predicted octanol–water partition coefficient (Wildman–Crippen LogP) is 3.11. The van der Waals surface area contributed by atoms with Gasteiger partial charge in [-0.15, -0.1) is 0 Å². The number of anilines is 1. The van der Waals surface area contributed by atoms with Crippen molar-refractivity contribution in [1.82, 2.24) is 14.9 Å². The van der Waals surface area contributed by atoms with Crippen molar-refractivity contribution in [2.24, 2.45) is 0 Å². The minimum Gasteiger partial charge on any atom is -0.493 e. The van der Waals surface area contributed by atoms with Crippen molar-refractivity contribution in [3.05, 3.63) is 12.4 Å². The zero-order chi connectivity index (χ0) is 19.5. The molecule has 152 valence electrons. The Morgan fingerprint density at radius 2 is 1.57 bits per heavy atom. The van der Waals surface area contributed by atoms with Crippen molar-refractivity contribution < 1.29 is 14.2 Å². The van der Waals surface area contributed by atoms with Crippen LogP contribution in [0.5, 0.6) is 17.2 Å². The van der Waals surface area contributed by atoms with Gasteiger partial charge in [-0.05, 0) is 44.8 Å². The van der Waals surface area contributed by atoms with Crippen molar-refractivity contribution in [1.29, 1.82) is 0 Å². The Bertz CT molecular complexity index is 815. The van der Waals surface area contributed by atoms with Gasteiger partial charge in [0.2, 0.25) is 5.75 Å². The summed E-state index contributed by atoms with van der Waals surface area (Å²) in [5.41, 5.74) is 0.753. The second-order valence-electron chi connectivity index (χ2n) is 7.55. The van der Waals surface area contributed by atoms with Gasteiger partial charge in [-0.1, -0.05) is 6.42 Å². The number of rotatable bonds is 5. The lowest BCUT2D eigenvalue weighted by molar-refractivity contribution is 0.141. The van der Waals surface area contributed by atoms with Gasteiger partial charge in [0.15, 0.2) is 11.5 Å². The highest BCUT2D eigenvalue weighted by Gasteiger charge is 2.28. The van der Waals surface area contributed by atoms with Crippen LogP contribution in [0, 0.1) is 0 Å². The van der Waals surface area contributed by atoms with Crippen molar-refractivity contribution >= 4 is 16.7 Å². The van der Waals surface area contributed by atoms with E-state index in [9.17, 15) is 0 Å². The second-order valence-corrected chi connectivity index (χ2v) is 7.55. The van der Waals surface area contributed by atoms with Crippen LogP contribution in [0.3, 0.4) is 0 Å². The molecule has 0 spiro atoms. The highest BCUT2D eigenvalue weighted by atomic mass is 16.5. The molecule has 2 aliphatic heterocycles. The number of aromatic nitrogens is 2. The average Bonchev–Trinajstić information content (AvgIpc) is 2.77. The number of likely N-dealkylation sites (tertiary alicyclic amines) is 1. The summed E-state index contributed by atoms with van der Waals surface area (Å²) in [7, 11) is 4.87. The molecule has 2 fully saturated rings. The molecular weight excluding hydrogens is 356 g/mol. The van der Waals surface area contributed by atoms with Crippen LogP contribution in [0.4, 0.5) is 5.82 Å². The topological polar surface area (TPSA) is 60.0 Å². The molecule has 0 radical (unpaired) electrons. The minimum absolute atomic E-state index is 0.561. The lowest BCUT2D eigenvalue weighted by atomic mass is 9.99. The van der Waals surface area contributed by atoms with Gasteiger partial charge < -0.3 is 24.0 Å². The smallest absolute Gasteiger partial charge is 0.205 e. The number of methoxy groups -OCH3 is 3. The maximum atomic E-state index is 5.61. The molecule has 0 amide bonds. The molecule has 0 unspecified atom stereocenters. The molecule has 0 bridgehead atoms. The largest absolute Gasteiger partial charge is 0.493 e. The Morgan fingerprint density at radius 3 is 2.21 bits per heavy atom. The molecule has 2 saturated heterocycles. The van der Waals surface area contributed by atoms with E-state index in [0.29, 0.717) is 23.3 Å². The number of piperidine rings is 2. The standard InChI is InChI=1S/C21H30N4O3/c1-26-17-13-16-18(20(28-3)19(17)27-2)22-14-23-21(16)25-11-7-15(8-12-25)24-9-5-4-6-10-24/h13-15H,4-12H2,1-3H3. The number of hydrogen-bond acceptors (Lipinski definition) is 7. The van der Waals surface area contributed by atoms with Crippen LogP contribution in [0.25, 0.3) is 10.9 Å². The summed E-state index contributed by atoms with van der Waals surface area (Å²) in [6, 6.07) is 2.66.